The number of benzene rings is 2. The summed E-state index contributed by atoms with van der Waals surface area (Å²) in [5, 5.41) is 3.16. The molecule has 0 aromatic heterocycles. The Kier molecular flexibility index (Phi) is 5.71. The van der Waals surface area contributed by atoms with Gasteiger partial charge in [-0.05, 0) is 35.9 Å². The lowest BCUT2D eigenvalue weighted by Crippen LogP contribution is -2.30. The van der Waals surface area contributed by atoms with Crippen molar-refractivity contribution >= 4 is 23.5 Å². The van der Waals surface area contributed by atoms with Crippen molar-refractivity contribution in [1.82, 2.24) is 5.32 Å². The molecule has 0 saturated heterocycles. The molecular formula is C17H15ClFNO3. The highest BCUT2D eigenvalue weighted by Gasteiger charge is 2.21. The van der Waals surface area contributed by atoms with Gasteiger partial charge < -0.3 is 10.1 Å². The summed E-state index contributed by atoms with van der Waals surface area (Å²) in [4.78, 5) is 23.9. The molecule has 4 nitrogen and oxygen atoms in total. The number of hydrogen-bond acceptors (Lipinski definition) is 3. The lowest BCUT2D eigenvalue weighted by molar-refractivity contribution is -0.141. The van der Waals surface area contributed by atoms with Crippen LogP contribution in [-0.2, 0) is 9.53 Å². The van der Waals surface area contributed by atoms with Crippen molar-refractivity contribution in [2.75, 3.05) is 7.11 Å². The Balaban J connectivity index is 2.24. The molecule has 0 saturated carbocycles. The number of ether oxygens (including phenoxy) is 1. The second kappa shape index (κ2) is 7.74. The first-order valence-electron chi connectivity index (χ1n) is 6.89. The molecule has 120 valence electrons. The van der Waals surface area contributed by atoms with Gasteiger partial charge in [0.1, 0.15) is 5.82 Å². The van der Waals surface area contributed by atoms with Crippen molar-refractivity contribution in [3.8, 4) is 0 Å². The van der Waals surface area contributed by atoms with Crippen LogP contribution in [0, 0.1) is 5.82 Å². The fourth-order valence-corrected chi connectivity index (χ4v) is 2.36. The van der Waals surface area contributed by atoms with E-state index in [2.05, 4.69) is 10.1 Å². The Bertz CT molecular complexity index is 703. The maximum Gasteiger partial charge on any atom is 0.307 e. The smallest absolute Gasteiger partial charge is 0.307 e. The van der Waals surface area contributed by atoms with Gasteiger partial charge in [0.15, 0.2) is 0 Å². The fourth-order valence-electron chi connectivity index (χ4n) is 2.09. The van der Waals surface area contributed by atoms with E-state index in [4.69, 9.17) is 11.6 Å². The standard InChI is InChI=1S/C17H15ClFNO3/c1-23-16(21)10-15(13-4-2-3-5-14(13)18)20-17(22)11-6-8-12(19)9-7-11/h2-9,15H,10H2,1H3,(H,20,22). The van der Waals surface area contributed by atoms with Crippen LogP contribution < -0.4 is 5.32 Å². The normalized spacial score (nSPS) is 11.6. The van der Waals surface area contributed by atoms with Crippen LogP contribution in [0.4, 0.5) is 4.39 Å². The van der Waals surface area contributed by atoms with Gasteiger partial charge in [0.25, 0.3) is 5.91 Å². The molecular weight excluding hydrogens is 321 g/mol. The summed E-state index contributed by atoms with van der Waals surface area (Å²) in [5.74, 6) is -1.34. The van der Waals surface area contributed by atoms with Gasteiger partial charge in [-0.1, -0.05) is 29.8 Å². The third kappa shape index (κ3) is 4.53. The molecule has 0 bridgehead atoms. The number of nitrogens with one attached hydrogen (secondary N) is 1. The van der Waals surface area contributed by atoms with Crippen LogP contribution in [0.1, 0.15) is 28.4 Å². The van der Waals surface area contributed by atoms with Crippen LogP contribution in [0.2, 0.25) is 5.02 Å². The van der Waals surface area contributed by atoms with Crippen LogP contribution in [0.3, 0.4) is 0 Å². The average Bonchev–Trinajstić information content (AvgIpc) is 2.55. The second-order valence-electron chi connectivity index (χ2n) is 4.83. The van der Waals surface area contributed by atoms with E-state index in [-0.39, 0.29) is 12.0 Å². The lowest BCUT2D eigenvalue weighted by atomic mass is 10.0. The molecule has 0 fully saturated rings. The van der Waals surface area contributed by atoms with Gasteiger partial charge in [-0.25, -0.2) is 4.39 Å². The average molecular weight is 336 g/mol. The molecule has 23 heavy (non-hydrogen) atoms. The van der Waals surface area contributed by atoms with Crippen molar-refractivity contribution in [2.24, 2.45) is 0 Å². The second-order valence-corrected chi connectivity index (χ2v) is 5.24. The number of rotatable bonds is 5. The molecule has 1 N–H and O–H groups in total. The zero-order valence-corrected chi connectivity index (χ0v) is 13.1. The van der Waals surface area contributed by atoms with Crippen molar-refractivity contribution in [3.63, 3.8) is 0 Å². The van der Waals surface area contributed by atoms with E-state index in [0.29, 0.717) is 10.6 Å². The number of carbonyl (C=O) groups is 2. The van der Waals surface area contributed by atoms with Crippen LogP contribution >= 0.6 is 11.6 Å². The third-order valence-electron chi connectivity index (χ3n) is 3.29. The van der Waals surface area contributed by atoms with E-state index in [0.717, 1.165) is 0 Å². The van der Waals surface area contributed by atoms with Crippen LogP contribution in [0.5, 0.6) is 0 Å². The molecule has 2 aromatic rings. The molecule has 2 aromatic carbocycles. The predicted molar refractivity (Wildman–Crippen MR) is 84.7 cm³/mol. The first-order valence-corrected chi connectivity index (χ1v) is 7.26. The summed E-state index contributed by atoms with van der Waals surface area (Å²) in [6.45, 7) is 0. The Morgan fingerprint density at radius 1 is 1.17 bits per heavy atom. The van der Waals surface area contributed by atoms with Crippen molar-refractivity contribution < 1.29 is 18.7 Å². The number of halogens is 2. The largest absolute Gasteiger partial charge is 0.469 e. The first-order chi connectivity index (χ1) is 11.0. The number of amides is 1. The Labute approximate surface area is 138 Å². The van der Waals surface area contributed by atoms with Gasteiger partial charge >= 0.3 is 5.97 Å². The lowest BCUT2D eigenvalue weighted by Gasteiger charge is -2.19. The van der Waals surface area contributed by atoms with Gasteiger partial charge in [-0.15, -0.1) is 0 Å². The quantitative estimate of drug-likeness (QED) is 0.851. The number of methoxy groups -OCH3 is 1. The van der Waals surface area contributed by atoms with E-state index in [1.165, 1.54) is 31.4 Å². The van der Waals surface area contributed by atoms with Crippen molar-refractivity contribution in [3.05, 3.63) is 70.5 Å². The first kappa shape index (κ1) is 17.0. The molecule has 2 rings (SSSR count). The molecule has 6 heteroatoms. The summed E-state index contributed by atoms with van der Waals surface area (Å²) in [6.07, 6.45) is -0.0623. The molecule has 1 atom stereocenters. The summed E-state index contributed by atoms with van der Waals surface area (Å²) in [7, 11) is 1.27. The number of carbonyl (C=O) groups excluding carboxylic acids is 2. The van der Waals surface area contributed by atoms with Gasteiger partial charge in [0.2, 0.25) is 0 Å². The maximum atomic E-state index is 12.9. The van der Waals surface area contributed by atoms with Crippen LogP contribution in [0.25, 0.3) is 0 Å². The summed E-state index contributed by atoms with van der Waals surface area (Å²) in [6, 6.07) is 11.4. The predicted octanol–water partition coefficient (Wildman–Crippen LogP) is 3.51. The number of esters is 1. The Morgan fingerprint density at radius 3 is 2.43 bits per heavy atom. The van der Waals surface area contributed by atoms with Gasteiger partial charge in [0.05, 0.1) is 19.6 Å². The van der Waals surface area contributed by atoms with E-state index in [1.807, 2.05) is 0 Å². The van der Waals surface area contributed by atoms with Crippen LogP contribution in [0.15, 0.2) is 48.5 Å². The monoisotopic (exact) mass is 335 g/mol. The zero-order chi connectivity index (χ0) is 16.8. The summed E-state index contributed by atoms with van der Waals surface area (Å²) < 4.78 is 17.6. The maximum absolute atomic E-state index is 12.9. The molecule has 1 unspecified atom stereocenters. The summed E-state index contributed by atoms with van der Waals surface area (Å²) >= 11 is 6.14. The van der Waals surface area contributed by atoms with Gasteiger partial charge in [0, 0.05) is 10.6 Å². The van der Waals surface area contributed by atoms with Crippen molar-refractivity contribution in [1.29, 1.82) is 0 Å². The highest BCUT2D eigenvalue weighted by atomic mass is 35.5. The highest BCUT2D eigenvalue weighted by molar-refractivity contribution is 6.31. The Morgan fingerprint density at radius 2 is 1.83 bits per heavy atom. The zero-order valence-electron chi connectivity index (χ0n) is 12.4. The van der Waals surface area contributed by atoms with Crippen LogP contribution in [-0.4, -0.2) is 19.0 Å². The minimum atomic E-state index is -0.645. The fraction of sp³-hybridized carbons (Fsp3) is 0.176. The summed E-state index contributed by atoms with van der Waals surface area (Å²) in [5.41, 5.74) is 0.892. The van der Waals surface area contributed by atoms with Crippen molar-refractivity contribution in [2.45, 2.75) is 12.5 Å². The van der Waals surface area contributed by atoms with E-state index < -0.39 is 23.7 Å². The molecule has 0 aliphatic rings. The van der Waals surface area contributed by atoms with E-state index in [1.54, 1.807) is 24.3 Å². The molecule has 0 radical (unpaired) electrons. The van der Waals surface area contributed by atoms with Gasteiger partial charge in [-0.3, -0.25) is 9.59 Å². The topological polar surface area (TPSA) is 55.4 Å². The third-order valence-corrected chi connectivity index (χ3v) is 3.64. The van der Waals surface area contributed by atoms with E-state index >= 15 is 0 Å². The highest BCUT2D eigenvalue weighted by Crippen LogP contribution is 2.25. The minimum Gasteiger partial charge on any atom is -0.469 e. The molecule has 1 amide bonds. The minimum absolute atomic E-state index is 0.0623. The molecule has 0 heterocycles. The Hall–Kier alpha value is -2.40. The van der Waals surface area contributed by atoms with Gasteiger partial charge in [-0.2, -0.15) is 0 Å². The molecule has 0 spiro atoms. The molecule has 0 aliphatic heterocycles. The SMILES string of the molecule is COC(=O)CC(NC(=O)c1ccc(F)cc1)c1ccccc1Cl. The number of hydrogen-bond donors (Lipinski definition) is 1. The molecule has 0 aliphatic carbocycles. The van der Waals surface area contributed by atoms with E-state index in [9.17, 15) is 14.0 Å².